The molecule has 0 aromatic carbocycles. The minimum atomic E-state index is -0.375. The number of imide groups is 1. The summed E-state index contributed by atoms with van der Waals surface area (Å²) < 4.78 is 0. The number of hydrogen-bond donors (Lipinski definition) is 0. The Kier molecular flexibility index (Phi) is 4.25. The van der Waals surface area contributed by atoms with Crippen LogP contribution >= 0.6 is 0 Å². The first kappa shape index (κ1) is 15.8. The van der Waals surface area contributed by atoms with Crippen molar-refractivity contribution in [3.05, 3.63) is 0 Å². The second-order valence-corrected chi connectivity index (χ2v) is 7.27. The van der Waals surface area contributed by atoms with Gasteiger partial charge in [-0.25, -0.2) is 4.79 Å². The van der Waals surface area contributed by atoms with Crippen molar-refractivity contribution in [1.82, 2.24) is 14.7 Å². The maximum Gasteiger partial charge on any atom is 0.327 e. The highest BCUT2D eigenvalue weighted by atomic mass is 16.2. The Hall–Kier alpha value is -1.59. The zero-order chi connectivity index (χ0) is 15.8. The molecule has 2 fully saturated rings. The third-order valence-electron chi connectivity index (χ3n) is 4.07. The summed E-state index contributed by atoms with van der Waals surface area (Å²) in [5, 5.41) is 0. The monoisotopic (exact) mass is 295 g/mol. The molecule has 4 amide bonds. The molecule has 2 aliphatic heterocycles. The van der Waals surface area contributed by atoms with E-state index in [0.29, 0.717) is 0 Å². The van der Waals surface area contributed by atoms with Gasteiger partial charge >= 0.3 is 6.03 Å². The summed E-state index contributed by atoms with van der Waals surface area (Å²) >= 11 is 0. The number of likely N-dealkylation sites (tertiary alicyclic amines) is 1. The number of amides is 4. The fourth-order valence-corrected chi connectivity index (χ4v) is 3.13. The van der Waals surface area contributed by atoms with E-state index in [9.17, 15) is 14.4 Å². The summed E-state index contributed by atoms with van der Waals surface area (Å²) in [6.07, 6.45) is 2.94. The molecule has 6 nitrogen and oxygen atoms in total. The van der Waals surface area contributed by atoms with Crippen LogP contribution in [-0.2, 0) is 9.59 Å². The molecule has 0 aromatic heterocycles. The van der Waals surface area contributed by atoms with Crippen molar-refractivity contribution in [3.63, 3.8) is 0 Å². The molecule has 2 saturated heterocycles. The summed E-state index contributed by atoms with van der Waals surface area (Å²) in [4.78, 5) is 40.3. The third-order valence-corrected chi connectivity index (χ3v) is 4.07. The average molecular weight is 295 g/mol. The molecule has 0 saturated carbocycles. The predicted octanol–water partition coefficient (Wildman–Crippen LogP) is 1.31. The topological polar surface area (TPSA) is 60.9 Å². The summed E-state index contributed by atoms with van der Waals surface area (Å²) in [5.74, 6) is -0.402. The van der Waals surface area contributed by atoms with Gasteiger partial charge in [-0.1, -0.05) is 20.8 Å². The molecule has 6 heteroatoms. The number of likely N-dealkylation sites (N-methyl/N-ethyl adjacent to an activating group) is 1. The van der Waals surface area contributed by atoms with Gasteiger partial charge in [0, 0.05) is 19.6 Å². The normalized spacial score (nSPS) is 23.4. The largest absolute Gasteiger partial charge is 0.338 e. The van der Waals surface area contributed by atoms with Crippen LogP contribution in [0.4, 0.5) is 4.79 Å². The third kappa shape index (κ3) is 3.54. The van der Waals surface area contributed by atoms with E-state index < -0.39 is 0 Å². The summed E-state index contributed by atoms with van der Waals surface area (Å²) in [7, 11) is 1.57. The van der Waals surface area contributed by atoms with Crippen molar-refractivity contribution in [2.24, 2.45) is 5.41 Å². The van der Waals surface area contributed by atoms with Crippen LogP contribution in [-0.4, -0.2) is 65.3 Å². The van der Waals surface area contributed by atoms with Crippen LogP contribution in [0.5, 0.6) is 0 Å². The molecule has 0 radical (unpaired) electrons. The SMILES string of the molecule is CN1CC(=O)N(CC(=O)N2CCCC2CC(C)(C)C)C1=O. The molecular formula is C15H25N3O3. The number of carbonyl (C=O) groups excluding carboxylic acids is 3. The van der Waals surface area contributed by atoms with Gasteiger partial charge in [0.2, 0.25) is 5.91 Å². The van der Waals surface area contributed by atoms with Crippen LogP contribution in [0.1, 0.15) is 40.0 Å². The molecule has 21 heavy (non-hydrogen) atoms. The van der Waals surface area contributed by atoms with E-state index in [4.69, 9.17) is 0 Å². The van der Waals surface area contributed by atoms with Gasteiger partial charge in [-0.2, -0.15) is 0 Å². The summed E-state index contributed by atoms with van der Waals surface area (Å²) in [5.41, 5.74) is 0.160. The van der Waals surface area contributed by atoms with E-state index in [2.05, 4.69) is 20.8 Å². The smallest absolute Gasteiger partial charge is 0.327 e. The molecule has 0 N–H and O–H groups in total. The van der Waals surface area contributed by atoms with Gasteiger partial charge in [-0.05, 0) is 24.7 Å². The number of carbonyl (C=O) groups is 3. The van der Waals surface area contributed by atoms with Crippen molar-refractivity contribution in [3.8, 4) is 0 Å². The summed E-state index contributed by atoms with van der Waals surface area (Å²) in [6.45, 7) is 7.16. The second kappa shape index (κ2) is 5.66. The van der Waals surface area contributed by atoms with E-state index in [0.717, 1.165) is 30.7 Å². The van der Waals surface area contributed by atoms with Gasteiger partial charge in [0.1, 0.15) is 13.1 Å². The quantitative estimate of drug-likeness (QED) is 0.738. The highest BCUT2D eigenvalue weighted by Crippen LogP contribution is 2.30. The highest BCUT2D eigenvalue weighted by molar-refractivity contribution is 6.04. The Balaban J connectivity index is 1.99. The minimum absolute atomic E-state index is 0.0670. The van der Waals surface area contributed by atoms with Gasteiger partial charge < -0.3 is 9.80 Å². The van der Waals surface area contributed by atoms with Crippen molar-refractivity contribution >= 4 is 17.8 Å². The second-order valence-electron chi connectivity index (χ2n) is 7.27. The average Bonchev–Trinajstić information content (AvgIpc) is 2.88. The minimum Gasteiger partial charge on any atom is -0.338 e. The van der Waals surface area contributed by atoms with Gasteiger partial charge in [-0.15, -0.1) is 0 Å². The molecule has 0 spiro atoms. The highest BCUT2D eigenvalue weighted by Gasteiger charge is 2.38. The Morgan fingerprint density at radius 2 is 1.95 bits per heavy atom. The lowest BCUT2D eigenvalue weighted by atomic mass is 9.87. The zero-order valence-corrected chi connectivity index (χ0v) is 13.4. The standard InChI is InChI=1S/C15H25N3O3/c1-15(2,3)8-11-6-5-7-17(11)13(20)10-18-12(19)9-16(4)14(18)21/h11H,5-10H2,1-4H3. The van der Waals surface area contributed by atoms with Crippen LogP contribution in [0.3, 0.4) is 0 Å². The Bertz CT molecular complexity index is 456. The first-order valence-corrected chi connectivity index (χ1v) is 7.54. The lowest BCUT2D eigenvalue weighted by Crippen LogP contribution is -2.45. The predicted molar refractivity (Wildman–Crippen MR) is 78.5 cm³/mol. The molecule has 1 unspecified atom stereocenters. The van der Waals surface area contributed by atoms with Gasteiger partial charge in [0.15, 0.2) is 0 Å². The van der Waals surface area contributed by atoms with E-state index >= 15 is 0 Å². The molecule has 118 valence electrons. The lowest BCUT2D eigenvalue weighted by molar-refractivity contribution is -0.137. The number of hydrogen-bond acceptors (Lipinski definition) is 3. The first-order valence-electron chi connectivity index (χ1n) is 7.54. The van der Waals surface area contributed by atoms with Gasteiger partial charge in [-0.3, -0.25) is 14.5 Å². The molecule has 1 atom stereocenters. The van der Waals surface area contributed by atoms with Crippen LogP contribution in [0.15, 0.2) is 0 Å². The Morgan fingerprint density at radius 3 is 2.48 bits per heavy atom. The molecule has 0 aromatic rings. The van der Waals surface area contributed by atoms with Gasteiger partial charge in [0.05, 0.1) is 0 Å². The van der Waals surface area contributed by atoms with Crippen molar-refractivity contribution in [2.45, 2.75) is 46.1 Å². The molecule has 2 heterocycles. The van der Waals surface area contributed by atoms with Crippen LogP contribution in [0.25, 0.3) is 0 Å². The van der Waals surface area contributed by atoms with Crippen molar-refractivity contribution in [1.29, 1.82) is 0 Å². The van der Waals surface area contributed by atoms with Crippen molar-refractivity contribution in [2.75, 3.05) is 26.7 Å². The molecular weight excluding hydrogens is 270 g/mol. The molecule has 2 rings (SSSR count). The fourth-order valence-electron chi connectivity index (χ4n) is 3.13. The lowest BCUT2D eigenvalue weighted by Gasteiger charge is -2.31. The molecule has 2 aliphatic rings. The number of nitrogens with zero attached hydrogens (tertiary/aromatic N) is 3. The zero-order valence-electron chi connectivity index (χ0n) is 13.4. The number of rotatable bonds is 3. The van der Waals surface area contributed by atoms with Crippen LogP contribution in [0, 0.1) is 5.41 Å². The Labute approximate surface area is 126 Å². The first-order chi connectivity index (χ1) is 9.69. The molecule has 0 bridgehead atoms. The van der Waals surface area contributed by atoms with E-state index in [1.54, 1.807) is 7.05 Å². The maximum absolute atomic E-state index is 12.5. The Morgan fingerprint density at radius 1 is 1.29 bits per heavy atom. The van der Waals surface area contributed by atoms with E-state index in [-0.39, 0.29) is 42.4 Å². The van der Waals surface area contributed by atoms with Crippen molar-refractivity contribution < 1.29 is 14.4 Å². The van der Waals surface area contributed by atoms with E-state index in [1.165, 1.54) is 4.90 Å². The summed E-state index contributed by atoms with van der Waals surface area (Å²) in [6, 6.07) is -0.150. The molecule has 0 aliphatic carbocycles. The van der Waals surface area contributed by atoms with Gasteiger partial charge in [0.25, 0.3) is 5.91 Å². The van der Waals surface area contributed by atoms with E-state index in [1.807, 2.05) is 4.90 Å². The fraction of sp³-hybridized carbons (Fsp3) is 0.800. The van der Waals surface area contributed by atoms with Crippen LogP contribution < -0.4 is 0 Å². The number of urea groups is 1. The van der Waals surface area contributed by atoms with Crippen LogP contribution in [0.2, 0.25) is 0 Å². The maximum atomic E-state index is 12.5.